The fraction of sp³-hybridized carbons (Fsp3) is 0.227. The highest BCUT2D eigenvalue weighted by atomic mass is 19.1. The van der Waals surface area contributed by atoms with Gasteiger partial charge in [-0.05, 0) is 43.3 Å². The molecular weight excluding hydrogens is 383 g/mol. The number of halogens is 1. The van der Waals surface area contributed by atoms with Crippen LogP contribution in [-0.4, -0.2) is 35.0 Å². The Kier molecular flexibility index (Phi) is 4.46. The van der Waals surface area contributed by atoms with Crippen LogP contribution in [0.3, 0.4) is 0 Å². The standard InChI is InChI=1S/C22H21FN6O/c1-14-9-20(27-30-14)21-13-28(7-8-29(21)18-4-2-3-16(23)11-18)17-5-6-19-15(10-17)12-25-26-22(19)24/h2-6,9-12,21H,7-8,13H2,1H3,(H2,24,26)/t21-/m1/s1. The van der Waals surface area contributed by atoms with Crippen LogP contribution in [0.15, 0.2) is 59.3 Å². The van der Waals surface area contributed by atoms with Crippen molar-refractivity contribution in [1.29, 1.82) is 0 Å². The van der Waals surface area contributed by atoms with Gasteiger partial charge in [0, 0.05) is 47.8 Å². The fourth-order valence-electron chi connectivity index (χ4n) is 4.07. The molecule has 1 fully saturated rings. The van der Waals surface area contributed by atoms with E-state index in [1.807, 2.05) is 31.2 Å². The topological polar surface area (TPSA) is 84.3 Å². The highest BCUT2D eigenvalue weighted by Crippen LogP contribution is 2.34. The molecule has 5 rings (SSSR count). The monoisotopic (exact) mass is 404 g/mol. The summed E-state index contributed by atoms with van der Waals surface area (Å²) in [6.07, 6.45) is 1.72. The molecule has 1 aliphatic heterocycles. The zero-order chi connectivity index (χ0) is 20.7. The van der Waals surface area contributed by atoms with E-state index in [0.717, 1.165) is 46.7 Å². The Labute approximate surface area is 172 Å². The summed E-state index contributed by atoms with van der Waals surface area (Å²) in [6, 6.07) is 14.6. The van der Waals surface area contributed by atoms with Gasteiger partial charge in [0.05, 0.1) is 12.2 Å². The number of anilines is 3. The number of piperazine rings is 1. The lowest BCUT2D eigenvalue weighted by atomic mass is 10.0. The molecule has 0 saturated carbocycles. The zero-order valence-electron chi connectivity index (χ0n) is 16.5. The van der Waals surface area contributed by atoms with Crippen LogP contribution in [0.4, 0.5) is 21.6 Å². The predicted octanol–water partition coefficient (Wildman–Crippen LogP) is 3.72. The first-order valence-electron chi connectivity index (χ1n) is 9.80. The smallest absolute Gasteiger partial charge is 0.153 e. The average Bonchev–Trinajstić information content (AvgIpc) is 3.19. The number of hydrogen-bond acceptors (Lipinski definition) is 7. The normalized spacial score (nSPS) is 16.9. The molecule has 7 nitrogen and oxygen atoms in total. The maximum absolute atomic E-state index is 13.9. The molecule has 30 heavy (non-hydrogen) atoms. The molecule has 0 aliphatic carbocycles. The number of fused-ring (bicyclic) bond motifs is 1. The second kappa shape index (κ2) is 7.29. The number of nitrogens with two attached hydrogens (primary N) is 1. The minimum atomic E-state index is -0.252. The number of rotatable bonds is 3. The third-order valence-electron chi connectivity index (χ3n) is 5.55. The van der Waals surface area contributed by atoms with Gasteiger partial charge in [-0.15, -0.1) is 5.10 Å². The van der Waals surface area contributed by atoms with Crippen molar-refractivity contribution < 1.29 is 8.91 Å². The van der Waals surface area contributed by atoms with Gasteiger partial charge in [0.2, 0.25) is 0 Å². The van der Waals surface area contributed by atoms with Crippen LogP contribution in [0, 0.1) is 12.7 Å². The van der Waals surface area contributed by atoms with E-state index < -0.39 is 0 Å². The first-order valence-corrected chi connectivity index (χ1v) is 9.80. The number of aromatic nitrogens is 3. The van der Waals surface area contributed by atoms with E-state index in [2.05, 4.69) is 31.2 Å². The Hall–Kier alpha value is -3.68. The number of aryl methyl sites for hydroxylation is 1. The molecule has 0 amide bonds. The average molecular weight is 404 g/mol. The van der Waals surface area contributed by atoms with E-state index >= 15 is 0 Å². The van der Waals surface area contributed by atoms with Gasteiger partial charge in [-0.3, -0.25) is 0 Å². The van der Waals surface area contributed by atoms with Crippen molar-refractivity contribution in [3.63, 3.8) is 0 Å². The molecule has 8 heteroatoms. The van der Waals surface area contributed by atoms with Crippen molar-refractivity contribution in [2.75, 3.05) is 35.2 Å². The molecule has 2 aromatic carbocycles. The molecular formula is C22H21FN6O. The minimum Gasteiger partial charge on any atom is -0.382 e. The van der Waals surface area contributed by atoms with E-state index in [0.29, 0.717) is 12.4 Å². The lowest BCUT2D eigenvalue weighted by Gasteiger charge is -2.43. The Morgan fingerprint density at radius 1 is 1.10 bits per heavy atom. The molecule has 1 saturated heterocycles. The van der Waals surface area contributed by atoms with Crippen LogP contribution in [0.1, 0.15) is 17.5 Å². The van der Waals surface area contributed by atoms with Crippen molar-refractivity contribution in [3.8, 4) is 0 Å². The Morgan fingerprint density at radius 3 is 2.80 bits per heavy atom. The van der Waals surface area contributed by atoms with Gasteiger partial charge < -0.3 is 20.1 Å². The van der Waals surface area contributed by atoms with Crippen molar-refractivity contribution in [3.05, 3.63) is 72.0 Å². The van der Waals surface area contributed by atoms with Crippen LogP contribution in [0.25, 0.3) is 10.8 Å². The van der Waals surface area contributed by atoms with Crippen molar-refractivity contribution in [1.82, 2.24) is 15.4 Å². The lowest BCUT2D eigenvalue weighted by Crippen LogP contribution is -2.49. The second-order valence-electron chi connectivity index (χ2n) is 7.50. The van der Waals surface area contributed by atoms with Gasteiger partial charge in [0.1, 0.15) is 17.3 Å². The molecule has 152 valence electrons. The Bertz CT molecular complexity index is 1210. The molecule has 0 spiro atoms. The summed E-state index contributed by atoms with van der Waals surface area (Å²) >= 11 is 0. The summed E-state index contributed by atoms with van der Waals surface area (Å²) in [5, 5.41) is 14.0. The van der Waals surface area contributed by atoms with Crippen LogP contribution in [0.5, 0.6) is 0 Å². The van der Waals surface area contributed by atoms with E-state index in [1.165, 1.54) is 6.07 Å². The Balaban J connectivity index is 1.50. The van der Waals surface area contributed by atoms with Crippen LogP contribution < -0.4 is 15.5 Å². The third-order valence-corrected chi connectivity index (χ3v) is 5.55. The number of hydrogen-bond donors (Lipinski definition) is 1. The first-order chi connectivity index (χ1) is 14.6. The first kappa shape index (κ1) is 18.4. The largest absolute Gasteiger partial charge is 0.382 e. The highest BCUT2D eigenvalue weighted by Gasteiger charge is 2.31. The summed E-state index contributed by atoms with van der Waals surface area (Å²) < 4.78 is 19.2. The van der Waals surface area contributed by atoms with Crippen LogP contribution in [-0.2, 0) is 0 Å². The molecule has 2 N–H and O–H groups in total. The van der Waals surface area contributed by atoms with Gasteiger partial charge >= 0.3 is 0 Å². The third kappa shape index (κ3) is 3.30. The summed E-state index contributed by atoms with van der Waals surface area (Å²) in [4.78, 5) is 4.47. The molecule has 0 unspecified atom stereocenters. The maximum atomic E-state index is 13.9. The van der Waals surface area contributed by atoms with Gasteiger partial charge in [0.15, 0.2) is 5.82 Å². The van der Waals surface area contributed by atoms with E-state index in [9.17, 15) is 4.39 Å². The quantitative estimate of drug-likeness (QED) is 0.557. The van der Waals surface area contributed by atoms with Gasteiger partial charge in [-0.2, -0.15) is 5.10 Å². The molecule has 0 radical (unpaired) electrons. The summed E-state index contributed by atoms with van der Waals surface area (Å²) in [6.45, 7) is 4.05. The fourth-order valence-corrected chi connectivity index (χ4v) is 4.07. The summed E-state index contributed by atoms with van der Waals surface area (Å²) in [7, 11) is 0. The van der Waals surface area contributed by atoms with Crippen LogP contribution >= 0.6 is 0 Å². The van der Waals surface area contributed by atoms with Gasteiger partial charge in [0.25, 0.3) is 0 Å². The second-order valence-corrected chi connectivity index (χ2v) is 7.50. The van der Waals surface area contributed by atoms with Crippen molar-refractivity contribution >= 4 is 28.0 Å². The molecule has 3 heterocycles. The highest BCUT2D eigenvalue weighted by molar-refractivity contribution is 5.92. The number of nitrogen functional groups attached to an aromatic ring is 1. The molecule has 0 bridgehead atoms. The number of benzene rings is 2. The SMILES string of the molecule is Cc1cc([C@H]2CN(c3ccc4c(N)nncc4c3)CCN2c2cccc(F)c2)no1. The molecule has 1 atom stereocenters. The van der Waals surface area contributed by atoms with Gasteiger partial charge in [-0.1, -0.05) is 11.2 Å². The minimum absolute atomic E-state index is 0.0747. The lowest BCUT2D eigenvalue weighted by molar-refractivity contribution is 0.380. The maximum Gasteiger partial charge on any atom is 0.153 e. The summed E-state index contributed by atoms with van der Waals surface area (Å²) in [5.74, 6) is 0.922. The summed E-state index contributed by atoms with van der Waals surface area (Å²) in [5.41, 5.74) is 8.67. The van der Waals surface area contributed by atoms with E-state index in [1.54, 1.807) is 18.3 Å². The Morgan fingerprint density at radius 2 is 2.00 bits per heavy atom. The molecule has 2 aromatic heterocycles. The van der Waals surface area contributed by atoms with Crippen molar-refractivity contribution in [2.24, 2.45) is 0 Å². The van der Waals surface area contributed by atoms with Crippen molar-refractivity contribution in [2.45, 2.75) is 13.0 Å². The zero-order valence-corrected chi connectivity index (χ0v) is 16.5. The predicted molar refractivity (Wildman–Crippen MR) is 114 cm³/mol. The van der Waals surface area contributed by atoms with Gasteiger partial charge in [-0.25, -0.2) is 4.39 Å². The van der Waals surface area contributed by atoms with Crippen LogP contribution in [0.2, 0.25) is 0 Å². The van der Waals surface area contributed by atoms with E-state index in [4.69, 9.17) is 10.3 Å². The molecule has 4 aromatic rings. The molecule has 1 aliphatic rings. The number of nitrogens with zero attached hydrogens (tertiary/aromatic N) is 5. The van der Waals surface area contributed by atoms with E-state index in [-0.39, 0.29) is 11.9 Å².